The van der Waals surface area contributed by atoms with Gasteiger partial charge in [-0.05, 0) is 13.0 Å². The van der Waals surface area contributed by atoms with Gasteiger partial charge in [0, 0.05) is 25.4 Å². The van der Waals surface area contributed by atoms with E-state index < -0.39 is 5.60 Å². The van der Waals surface area contributed by atoms with Crippen molar-refractivity contribution in [1.82, 2.24) is 9.78 Å². The van der Waals surface area contributed by atoms with Crippen LogP contribution in [0.25, 0.3) is 10.9 Å². The van der Waals surface area contributed by atoms with E-state index in [1.165, 1.54) is 0 Å². The van der Waals surface area contributed by atoms with E-state index in [4.69, 9.17) is 5.73 Å². The highest BCUT2D eigenvalue weighted by Gasteiger charge is 2.22. The Kier molecular flexibility index (Phi) is 2.69. The van der Waals surface area contributed by atoms with E-state index in [0.717, 1.165) is 16.6 Å². The number of nitrogens with two attached hydrogens (primary N) is 1. The molecular formula is C12H17N3O. The van der Waals surface area contributed by atoms with E-state index in [2.05, 4.69) is 5.10 Å². The van der Waals surface area contributed by atoms with Crippen LogP contribution in [0.3, 0.4) is 0 Å². The predicted molar refractivity (Wildman–Crippen MR) is 64.1 cm³/mol. The number of aromatic nitrogens is 2. The van der Waals surface area contributed by atoms with Crippen LogP contribution in [-0.4, -0.2) is 27.0 Å². The van der Waals surface area contributed by atoms with E-state index in [1.807, 2.05) is 36.0 Å². The van der Waals surface area contributed by atoms with Gasteiger partial charge in [0.1, 0.15) is 0 Å². The first-order valence-corrected chi connectivity index (χ1v) is 5.36. The molecule has 2 rings (SSSR count). The van der Waals surface area contributed by atoms with Gasteiger partial charge in [0.15, 0.2) is 0 Å². The molecule has 1 heterocycles. The van der Waals surface area contributed by atoms with Gasteiger partial charge >= 0.3 is 0 Å². The number of nitrogens with zero attached hydrogens (tertiary/aromatic N) is 2. The Balaban J connectivity index is 2.46. The van der Waals surface area contributed by atoms with Gasteiger partial charge in [0.05, 0.1) is 16.8 Å². The molecule has 86 valence electrons. The first kappa shape index (κ1) is 11.1. The third kappa shape index (κ3) is 1.94. The Bertz CT molecular complexity index is 502. The van der Waals surface area contributed by atoms with Crippen molar-refractivity contribution in [3.63, 3.8) is 0 Å². The SMILES string of the molecule is Cn1nc(CC(C)(O)CN)c2ccccc21. The second-order valence-electron chi connectivity index (χ2n) is 4.47. The summed E-state index contributed by atoms with van der Waals surface area (Å²) in [4.78, 5) is 0. The molecule has 0 saturated carbocycles. The summed E-state index contributed by atoms with van der Waals surface area (Å²) in [5, 5.41) is 15.5. The summed E-state index contributed by atoms with van der Waals surface area (Å²) in [7, 11) is 1.91. The molecule has 4 heteroatoms. The summed E-state index contributed by atoms with van der Waals surface area (Å²) in [6.45, 7) is 1.97. The predicted octanol–water partition coefficient (Wildman–Crippen LogP) is 0.826. The van der Waals surface area contributed by atoms with Crippen molar-refractivity contribution >= 4 is 10.9 Å². The van der Waals surface area contributed by atoms with Crippen molar-refractivity contribution in [2.75, 3.05) is 6.54 Å². The zero-order valence-electron chi connectivity index (χ0n) is 9.64. The number of para-hydroxylation sites is 1. The van der Waals surface area contributed by atoms with Gasteiger partial charge in [0.25, 0.3) is 0 Å². The molecule has 0 fully saturated rings. The topological polar surface area (TPSA) is 64.1 Å². The number of hydrogen-bond donors (Lipinski definition) is 2. The molecule has 2 aromatic rings. The lowest BCUT2D eigenvalue weighted by Gasteiger charge is -2.19. The lowest BCUT2D eigenvalue weighted by Crippen LogP contribution is -2.36. The maximum absolute atomic E-state index is 9.97. The summed E-state index contributed by atoms with van der Waals surface area (Å²) >= 11 is 0. The fourth-order valence-electron chi connectivity index (χ4n) is 1.85. The number of benzene rings is 1. The number of aryl methyl sites for hydroxylation is 1. The van der Waals surface area contributed by atoms with Crippen molar-refractivity contribution in [2.45, 2.75) is 18.9 Å². The second-order valence-corrected chi connectivity index (χ2v) is 4.47. The lowest BCUT2D eigenvalue weighted by molar-refractivity contribution is 0.0688. The molecule has 4 nitrogen and oxygen atoms in total. The number of rotatable bonds is 3. The lowest BCUT2D eigenvalue weighted by atomic mass is 9.99. The monoisotopic (exact) mass is 219 g/mol. The quantitative estimate of drug-likeness (QED) is 0.803. The molecule has 16 heavy (non-hydrogen) atoms. The van der Waals surface area contributed by atoms with Crippen LogP contribution < -0.4 is 5.73 Å². The molecule has 1 aromatic carbocycles. The van der Waals surface area contributed by atoms with Crippen molar-refractivity contribution in [3.8, 4) is 0 Å². The average Bonchev–Trinajstić information content (AvgIpc) is 2.56. The minimum atomic E-state index is -0.892. The van der Waals surface area contributed by atoms with Gasteiger partial charge in [-0.3, -0.25) is 4.68 Å². The number of hydrogen-bond acceptors (Lipinski definition) is 3. The molecular weight excluding hydrogens is 202 g/mol. The first-order valence-electron chi connectivity index (χ1n) is 5.36. The zero-order valence-corrected chi connectivity index (χ0v) is 9.64. The van der Waals surface area contributed by atoms with E-state index in [9.17, 15) is 5.11 Å². The van der Waals surface area contributed by atoms with Crippen molar-refractivity contribution in [2.24, 2.45) is 12.8 Å². The van der Waals surface area contributed by atoms with E-state index >= 15 is 0 Å². The van der Waals surface area contributed by atoms with E-state index in [1.54, 1.807) is 6.92 Å². The molecule has 1 aromatic heterocycles. The molecule has 1 atom stereocenters. The Morgan fingerprint density at radius 2 is 2.12 bits per heavy atom. The second kappa shape index (κ2) is 3.88. The van der Waals surface area contributed by atoms with Gasteiger partial charge in [-0.15, -0.1) is 0 Å². The fraction of sp³-hybridized carbons (Fsp3) is 0.417. The van der Waals surface area contributed by atoms with Gasteiger partial charge in [0.2, 0.25) is 0 Å². The third-order valence-electron chi connectivity index (χ3n) is 2.82. The van der Waals surface area contributed by atoms with Crippen molar-refractivity contribution in [3.05, 3.63) is 30.0 Å². The zero-order chi connectivity index (χ0) is 11.8. The Hall–Kier alpha value is -1.39. The molecule has 0 aliphatic carbocycles. The van der Waals surface area contributed by atoms with Crippen LogP contribution in [0.5, 0.6) is 0 Å². The minimum Gasteiger partial charge on any atom is -0.388 e. The van der Waals surface area contributed by atoms with Gasteiger partial charge in [-0.1, -0.05) is 18.2 Å². The number of fused-ring (bicyclic) bond motifs is 1. The highest BCUT2D eigenvalue weighted by Crippen LogP contribution is 2.21. The fourth-order valence-corrected chi connectivity index (χ4v) is 1.85. The standard InChI is InChI=1S/C12H17N3O/c1-12(16,8-13)7-10-9-5-3-4-6-11(9)15(2)14-10/h3-6,16H,7-8,13H2,1-2H3. The van der Waals surface area contributed by atoms with Crippen LogP contribution in [0.15, 0.2) is 24.3 Å². The van der Waals surface area contributed by atoms with E-state index in [0.29, 0.717) is 6.42 Å². The first-order chi connectivity index (χ1) is 7.53. The Morgan fingerprint density at radius 1 is 1.44 bits per heavy atom. The highest BCUT2D eigenvalue weighted by molar-refractivity contribution is 5.81. The normalized spacial score (nSPS) is 15.2. The van der Waals surface area contributed by atoms with Crippen LogP contribution >= 0.6 is 0 Å². The molecule has 0 aliphatic rings. The molecule has 3 N–H and O–H groups in total. The van der Waals surface area contributed by atoms with E-state index in [-0.39, 0.29) is 6.54 Å². The van der Waals surface area contributed by atoms with Crippen LogP contribution in [0.1, 0.15) is 12.6 Å². The van der Waals surface area contributed by atoms with Crippen LogP contribution in [-0.2, 0) is 13.5 Å². The molecule has 0 saturated heterocycles. The highest BCUT2D eigenvalue weighted by atomic mass is 16.3. The maximum atomic E-state index is 9.97. The Morgan fingerprint density at radius 3 is 2.81 bits per heavy atom. The molecule has 0 spiro atoms. The average molecular weight is 219 g/mol. The van der Waals surface area contributed by atoms with Crippen molar-refractivity contribution < 1.29 is 5.11 Å². The summed E-state index contributed by atoms with van der Waals surface area (Å²) in [6.07, 6.45) is 0.477. The summed E-state index contributed by atoms with van der Waals surface area (Å²) < 4.78 is 1.83. The van der Waals surface area contributed by atoms with Crippen LogP contribution in [0, 0.1) is 0 Å². The molecule has 0 radical (unpaired) electrons. The summed E-state index contributed by atoms with van der Waals surface area (Å²) in [5.74, 6) is 0. The molecule has 1 unspecified atom stereocenters. The van der Waals surface area contributed by atoms with Crippen LogP contribution in [0.4, 0.5) is 0 Å². The molecule has 0 bridgehead atoms. The largest absolute Gasteiger partial charge is 0.388 e. The number of aliphatic hydroxyl groups is 1. The molecule has 0 amide bonds. The smallest absolute Gasteiger partial charge is 0.0797 e. The summed E-state index contributed by atoms with van der Waals surface area (Å²) in [6, 6.07) is 7.99. The molecule has 0 aliphatic heterocycles. The third-order valence-corrected chi connectivity index (χ3v) is 2.82. The van der Waals surface area contributed by atoms with Gasteiger partial charge in [-0.2, -0.15) is 5.10 Å². The van der Waals surface area contributed by atoms with Gasteiger partial charge < -0.3 is 10.8 Å². The van der Waals surface area contributed by atoms with Crippen LogP contribution in [0.2, 0.25) is 0 Å². The summed E-state index contributed by atoms with van der Waals surface area (Å²) in [5.41, 5.74) is 6.60. The maximum Gasteiger partial charge on any atom is 0.0797 e. The Labute approximate surface area is 94.7 Å². The minimum absolute atomic E-state index is 0.234. The van der Waals surface area contributed by atoms with Gasteiger partial charge in [-0.25, -0.2) is 0 Å². The van der Waals surface area contributed by atoms with Crippen molar-refractivity contribution in [1.29, 1.82) is 0 Å².